The molecule has 2 aliphatic heterocycles. The lowest BCUT2D eigenvalue weighted by atomic mass is 10.1. The number of anilines is 1. The van der Waals surface area contributed by atoms with Crippen LogP contribution in [0.1, 0.15) is 62.1 Å². The normalized spacial score (nSPS) is 15.6. The van der Waals surface area contributed by atoms with Gasteiger partial charge in [0.2, 0.25) is 6.79 Å². The first-order valence-electron chi connectivity index (χ1n) is 13.4. The van der Waals surface area contributed by atoms with Crippen molar-refractivity contribution in [1.82, 2.24) is 14.3 Å². The standard InChI is InChI=1S/C29H32N4O4S2/c1-3-4-5-6-7-8-13-30-26-21(27(34)32-16-19(2)9-12-25(32)31-26)15-24-28(35)33(29(38)39-24)17-20-10-11-22-23(14-20)37-18-36-22/h9-12,14-16,30H,3-8,13,17-18H2,1-2H3. The van der Waals surface area contributed by atoms with Crippen molar-refractivity contribution in [3.63, 3.8) is 0 Å². The van der Waals surface area contributed by atoms with Crippen LogP contribution in [0.15, 0.2) is 46.2 Å². The molecule has 3 aromatic rings. The van der Waals surface area contributed by atoms with Crippen LogP contribution in [-0.2, 0) is 11.3 Å². The highest BCUT2D eigenvalue weighted by Crippen LogP contribution is 2.36. The molecular weight excluding hydrogens is 532 g/mol. The Labute approximate surface area is 237 Å². The number of amides is 1. The van der Waals surface area contributed by atoms with Gasteiger partial charge in [-0.2, -0.15) is 0 Å². The average Bonchev–Trinajstić information content (AvgIpc) is 3.50. The lowest BCUT2D eigenvalue weighted by molar-refractivity contribution is -0.122. The largest absolute Gasteiger partial charge is 0.454 e. The Hall–Kier alpha value is -3.37. The van der Waals surface area contributed by atoms with Crippen molar-refractivity contribution in [2.45, 2.75) is 58.9 Å². The van der Waals surface area contributed by atoms with Crippen molar-refractivity contribution >= 4 is 51.7 Å². The fraction of sp³-hybridized carbons (Fsp3) is 0.379. The number of fused-ring (bicyclic) bond motifs is 2. The third-order valence-corrected chi connectivity index (χ3v) is 8.13. The highest BCUT2D eigenvalue weighted by atomic mass is 32.2. The highest BCUT2D eigenvalue weighted by Gasteiger charge is 2.33. The number of hydrogen-bond donors (Lipinski definition) is 1. The molecule has 0 atom stereocenters. The van der Waals surface area contributed by atoms with E-state index in [2.05, 4.69) is 12.2 Å². The quantitative estimate of drug-likeness (QED) is 0.175. The number of nitrogens with one attached hydrogen (secondary N) is 1. The molecule has 0 spiro atoms. The molecule has 2 aliphatic rings. The summed E-state index contributed by atoms with van der Waals surface area (Å²) in [5, 5.41) is 3.36. The Bertz CT molecular complexity index is 1500. The summed E-state index contributed by atoms with van der Waals surface area (Å²) in [6.07, 6.45) is 10.4. The topological polar surface area (TPSA) is 85.2 Å². The molecule has 1 N–H and O–H groups in total. The number of aryl methyl sites for hydroxylation is 1. The molecule has 0 aliphatic carbocycles. The number of thiocarbonyl (C=S) groups is 1. The second kappa shape index (κ2) is 12.2. The lowest BCUT2D eigenvalue weighted by Crippen LogP contribution is -2.27. The second-order valence-corrected chi connectivity index (χ2v) is 11.4. The molecule has 1 amide bonds. The van der Waals surface area contributed by atoms with E-state index in [0.29, 0.717) is 50.8 Å². The molecule has 1 fully saturated rings. The molecule has 1 saturated heterocycles. The van der Waals surface area contributed by atoms with E-state index in [1.54, 1.807) is 17.2 Å². The number of pyridine rings is 1. The Kier molecular flexibility index (Phi) is 8.52. The summed E-state index contributed by atoms with van der Waals surface area (Å²) in [6, 6.07) is 9.34. The molecule has 39 heavy (non-hydrogen) atoms. The van der Waals surface area contributed by atoms with E-state index >= 15 is 0 Å². The lowest BCUT2D eigenvalue weighted by Gasteiger charge is -2.15. The zero-order valence-electron chi connectivity index (χ0n) is 22.2. The van der Waals surface area contributed by atoms with Gasteiger partial charge >= 0.3 is 0 Å². The number of benzene rings is 1. The molecule has 0 unspecified atom stereocenters. The molecule has 4 heterocycles. The van der Waals surface area contributed by atoms with Crippen molar-refractivity contribution in [2.24, 2.45) is 0 Å². The van der Waals surface area contributed by atoms with Crippen molar-refractivity contribution < 1.29 is 14.3 Å². The van der Waals surface area contributed by atoms with Gasteiger partial charge in [0.1, 0.15) is 15.8 Å². The Balaban J connectivity index is 1.39. The first-order chi connectivity index (χ1) is 18.9. The minimum Gasteiger partial charge on any atom is -0.454 e. The number of unbranched alkanes of at least 4 members (excludes halogenated alkanes) is 5. The molecule has 2 aromatic heterocycles. The molecule has 0 radical (unpaired) electrons. The van der Waals surface area contributed by atoms with E-state index in [0.717, 1.165) is 24.0 Å². The minimum atomic E-state index is -0.238. The average molecular weight is 565 g/mol. The first-order valence-corrected chi connectivity index (χ1v) is 14.6. The maximum atomic E-state index is 13.6. The summed E-state index contributed by atoms with van der Waals surface area (Å²) in [5.74, 6) is 1.58. The molecule has 8 nitrogen and oxygen atoms in total. The van der Waals surface area contributed by atoms with E-state index < -0.39 is 0 Å². The van der Waals surface area contributed by atoms with Crippen LogP contribution in [0.5, 0.6) is 11.5 Å². The van der Waals surface area contributed by atoms with Crippen molar-refractivity contribution in [2.75, 3.05) is 18.7 Å². The van der Waals surface area contributed by atoms with Crippen LogP contribution in [0.25, 0.3) is 11.7 Å². The highest BCUT2D eigenvalue weighted by molar-refractivity contribution is 8.26. The molecule has 204 valence electrons. The summed E-state index contributed by atoms with van der Waals surface area (Å²) in [6.45, 7) is 5.33. The minimum absolute atomic E-state index is 0.187. The van der Waals surface area contributed by atoms with Gasteiger partial charge in [0.25, 0.3) is 11.5 Å². The fourth-order valence-electron chi connectivity index (χ4n) is 4.62. The zero-order valence-corrected chi connectivity index (χ0v) is 23.8. The van der Waals surface area contributed by atoms with Gasteiger partial charge in [-0.25, -0.2) is 4.98 Å². The van der Waals surface area contributed by atoms with Gasteiger partial charge in [-0.3, -0.25) is 18.9 Å². The van der Waals surface area contributed by atoms with Gasteiger partial charge < -0.3 is 14.8 Å². The van der Waals surface area contributed by atoms with Crippen molar-refractivity contribution in [3.05, 3.63) is 68.5 Å². The van der Waals surface area contributed by atoms with Gasteiger partial charge in [0.05, 0.1) is 17.0 Å². The SMILES string of the molecule is CCCCCCCCNc1nc2ccc(C)cn2c(=O)c1C=C1SC(=S)N(Cc2ccc3c(c2)OCO3)C1=O. The van der Waals surface area contributed by atoms with Crippen LogP contribution in [0.4, 0.5) is 5.82 Å². The maximum Gasteiger partial charge on any atom is 0.267 e. The van der Waals surface area contributed by atoms with Crippen LogP contribution >= 0.6 is 24.0 Å². The number of nitrogens with zero attached hydrogens (tertiary/aromatic N) is 3. The molecular formula is C29H32N4O4S2. The third-order valence-electron chi connectivity index (χ3n) is 6.75. The molecule has 0 bridgehead atoms. The molecule has 0 saturated carbocycles. The number of ether oxygens (including phenoxy) is 2. The van der Waals surface area contributed by atoms with Crippen molar-refractivity contribution in [1.29, 1.82) is 0 Å². The van der Waals surface area contributed by atoms with Gasteiger partial charge in [0.15, 0.2) is 11.5 Å². The van der Waals surface area contributed by atoms with Gasteiger partial charge in [-0.05, 0) is 48.7 Å². The summed E-state index contributed by atoms with van der Waals surface area (Å²) in [5.41, 5.74) is 2.51. The number of hydrogen-bond acceptors (Lipinski definition) is 8. The Morgan fingerprint density at radius 1 is 1.08 bits per heavy atom. The van der Waals surface area contributed by atoms with Crippen LogP contribution < -0.4 is 20.3 Å². The molecule has 5 rings (SSSR count). The van der Waals surface area contributed by atoms with E-state index in [1.807, 2.05) is 37.3 Å². The summed E-state index contributed by atoms with van der Waals surface area (Å²) in [7, 11) is 0. The maximum absolute atomic E-state index is 13.6. The Morgan fingerprint density at radius 2 is 1.87 bits per heavy atom. The van der Waals surface area contributed by atoms with Crippen LogP contribution in [-0.4, -0.2) is 37.8 Å². The van der Waals surface area contributed by atoms with Gasteiger partial charge in [-0.15, -0.1) is 0 Å². The number of rotatable bonds is 11. The van der Waals surface area contributed by atoms with E-state index in [-0.39, 0.29) is 18.3 Å². The molecule has 10 heteroatoms. The van der Waals surface area contributed by atoms with Crippen LogP contribution in [0.2, 0.25) is 0 Å². The predicted octanol–water partition coefficient (Wildman–Crippen LogP) is 5.91. The van der Waals surface area contributed by atoms with Crippen LogP contribution in [0.3, 0.4) is 0 Å². The monoisotopic (exact) mass is 564 g/mol. The van der Waals surface area contributed by atoms with E-state index in [1.165, 1.54) is 41.8 Å². The first kappa shape index (κ1) is 27.2. The van der Waals surface area contributed by atoms with Gasteiger partial charge in [0, 0.05) is 12.7 Å². The smallest absolute Gasteiger partial charge is 0.267 e. The third kappa shape index (κ3) is 6.12. The second-order valence-electron chi connectivity index (χ2n) is 9.76. The number of carbonyl (C=O) groups excluding carboxylic acids is 1. The summed E-state index contributed by atoms with van der Waals surface area (Å²) in [4.78, 5) is 33.7. The van der Waals surface area contributed by atoms with E-state index in [9.17, 15) is 9.59 Å². The molecule has 1 aromatic carbocycles. The summed E-state index contributed by atoms with van der Waals surface area (Å²) < 4.78 is 12.8. The zero-order chi connectivity index (χ0) is 27.4. The van der Waals surface area contributed by atoms with E-state index in [4.69, 9.17) is 26.7 Å². The van der Waals surface area contributed by atoms with Gasteiger partial charge in [-0.1, -0.05) is 75.1 Å². The fourth-order valence-corrected chi connectivity index (χ4v) is 5.86. The number of aromatic nitrogens is 2. The van der Waals surface area contributed by atoms with Crippen molar-refractivity contribution in [3.8, 4) is 11.5 Å². The summed E-state index contributed by atoms with van der Waals surface area (Å²) >= 11 is 6.75. The number of carbonyl (C=O) groups is 1. The predicted molar refractivity (Wildman–Crippen MR) is 159 cm³/mol. The Morgan fingerprint density at radius 3 is 2.72 bits per heavy atom. The van der Waals surface area contributed by atoms with Crippen LogP contribution in [0, 0.1) is 6.92 Å². The number of thioether (sulfide) groups is 1.